The van der Waals surface area contributed by atoms with E-state index in [9.17, 15) is 10.1 Å². The van der Waals surface area contributed by atoms with Crippen molar-refractivity contribution >= 4 is 45.2 Å². The Labute approximate surface area is 197 Å². The third-order valence-corrected chi connectivity index (χ3v) is 7.32. The summed E-state index contributed by atoms with van der Waals surface area (Å²) >= 11 is 1.50. The normalized spacial score (nSPS) is 13.1. The fourth-order valence-electron chi connectivity index (χ4n) is 4.74. The van der Waals surface area contributed by atoms with E-state index < -0.39 is 0 Å². The first-order valence-corrected chi connectivity index (χ1v) is 12.5. The number of nitrogens with one attached hydrogen (secondary N) is 1. The second-order valence-corrected chi connectivity index (χ2v) is 9.49. The van der Waals surface area contributed by atoms with Crippen LogP contribution in [0.3, 0.4) is 0 Å². The lowest BCUT2D eigenvalue weighted by Crippen LogP contribution is -2.12. The first-order chi connectivity index (χ1) is 16.2. The SMILES string of the molecule is CCn1c2ccccc2c2cc(NC(=O)CCSc3nc4c(cc3C#N)CCCC4)ccc21. The van der Waals surface area contributed by atoms with E-state index in [0.29, 0.717) is 17.7 Å². The van der Waals surface area contributed by atoms with Gasteiger partial charge in [-0.3, -0.25) is 4.79 Å². The van der Waals surface area contributed by atoms with Crippen LogP contribution in [0, 0.1) is 11.3 Å². The maximum Gasteiger partial charge on any atom is 0.225 e. The van der Waals surface area contributed by atoms with E-state index in [2.05, 4.69) is 59.3 Å². The van der Waals surface area contributed by atoms with Crippen LogP contribution in [0.1, 0.15) is 43.0 Å². The second-order valence-electron chi connectivity index (χ2n) is 8.41. The van der Waals surface area contributed by atoms with Gasteiger partial charge in [-0.1, -0.05) is 18.2 Å². The van der Waals surface area contributed by atoms with Crippen LogP contribution >= 0.6 is 11.8 Å². The molecule has 166 valence electrons. The van der Waals surface area contributed by atoms with E-state index in [-0.39, 0.29) is 5.91 Å². The fourth-order valence-corrected chi connectivity index (χ4v) is 5.66. The van der Waals surface area contributed by atoms with Gasteiger partial charge in [0.15, 0.2) is 0 Å². The molecule has 2 aromatic carbocycles. The van der Waals surface area contributed by atoms with Crippen molar-refractivity contribution in [2.45, 2.75) is 50.6 Å². The molecule has 2 aromatic heterocycles. The van der Waals surface area contributed by atoms with Crippen LogP contribution in [-0.4, -0.2) is 21.2 Å². The van der Waals surface area contributed by atoms with Crippen LogP contribution in [0.4, 0.5) is 5.69 Å². The fraction of sp³-hybridized carbons (Fsp3) is 0.296. The standard InChI is InChI=1S/C27H26N4OS/c1-2-31-24-10-6-4-8-21(24)22-16-20(11-12-25(22)31)29-26(32)13-14-33-27-19(17-28)15-18-7-3-5-9-23(18)30-27/h4,6,8,10-12,15-16H,2-3,5,7,9,13-14H2,1H3,(H,29,32). The molecule has 1 N–H and O–H groups in total. The average molecular weight is 455 g/mol. The first-order valence-electron chi connectivity index (χ1n) is 11.5. The van der Waals surface area contributed by atoms with Crippen LogP contribution in [0.15, 0.2) is 53.6 Å². The molecule has 0 bridgehead atoms. The first kappa shape index (κ1) is 21.5. The van der Waals surface area contributed by atoms with E-state index in [1.165, 1.54) is 33.7 Å². The van der Waals surface area contributed by atoms with Gasteiger partial charge in [0.2, 0.25) is 5.91 Å². The average Bonchev–Trinajstić information content (AvgIpc) is 3.16. The quantitative estimate of drug-likeness (QED) is 0.358. The van der Waals surface area contributed by atoms with Crippen molar-refractivity contribution in [2.75, 3.05) is 11.1 Å². The highest BCUT2D eigenvalue weighted by Gasteiger charge is 2.16. The van der Waals surface area contributed by atoms with Gasteiger partial charge in [-0.2, -0.15) is 5.26 Å². The zero-order valence-corrected chi connectivity index (χ0v) is 19.5. The molecule has 5 nitrogen and oxygen atoms in total. The maximum atomic E-state index is 12.6. The zero-order valence-electron chi connectivity index (χ0n) is 18.7. The number of carbonyl (C=O) groups excluding carboxylic acids is 1. The summed E-state index contributed by atoms with van der Waals surface area (Å²) in [5.41, 5.74) is 6.14. The number of nitriles is 1. The molecule has 1 aliphatic rings. The Hall–Kier alpha value is -3.30. The second kappa shape index (κ2) is 9.29. The van der Waals surface area contributed by atoms with Gasteiger partial charge in [-0.05, 0) is 68.5 Å². The highest BCUT2D eigenvalue weighted by Crippen LogP contribution is 2.31. The Morgan fingerprint density at radius 1 is 1.12 bits per heavy atom. The lowest BCUT2D eigenvalue weighted by atomic mass is 9.95. The molecule has 0 saturated heterocycles. The van der Waals surface area contributed by atoms with Crippen molar-refractivity contribution in [2.24, 2.45) is 0 Å². The molecule has 4 aromatic rings. The highest BCUT2D eigenvalue weighted by atomic mass is 32.2. The molecular weight excluding hydrogens is 428 g/mol. The van der Waals surface area contributed by atoms with Gasteiger partial charge < -0.3 is 9.88 Å². The third-order valence-electron chi connectivity index (χ3n) is 6.33. The molecule has 6 heteroatoms. The number of para-hydroxylation sites is 1. The molecule has 0 aliphatic heterocycles. The smallest absolute Gasteiger partial charge is 0.225 e. The van der Waals surface area contributed by atoms with Crippen LogP contribution in [0.25, 0.3) is 21.8 Å². The van der Waals surface area contributed by atoms with Crippen molar-refractivity contribution in [3.05, 3.63) is 65.4 Å². The lowest BCUT2D eigenvalue weighted by Gasteiger charge is -2.16. The topological polar surface area (TPSA) is 70.7 Å². The van der Waals surface area contributed by atoms with E-state index in [1.54, 1.807) is 0 Å². The van der Waals surface area contributed by atoms with Crippen LogP contribution in [0.5, 0.6) is 0 Å². The number of benzene rings is 2. The number of anilines is 1. The summed E-state index contributed by atoms with van der Waals surface area (Å²) in [4.78, 5) is 17.4. The Balaban J connectivity index is 1.27. The number of carbonyl (C=O) groups is 1. The number of aromatic nitrogens is 2. The summed E-state index contributed by atoms with van der Waals surface area (Å²) in [6.07, 6.45) is 4.66. The van der Waals surface area contributed by atoms with Gasteiger partial charge in [0.05, 0.1) is 5.56 Å². The molecule has 0 fully saturated rings. The predicted molar refractivity (Wildman–Crippen MR) is 135 cm³/mol. The summed E-state index contributed by atoms with van der Waals surface area (Å²) in [5.74, 6) is 0.557. The van der Waals surface area contributed by atoms with Crippen molar-refractivity contribution < 1.29 is 4.79 Å². The third kappa shape index (κ3) is 4.21. The molecule has 1 amide bonds. The molecule has 2 heterocycles. The minimum Gasteiger partial charge on any atom is -0.341 e. The number of nitrogens with zero attached hydrogens (tertiary/aromatic N) is 3. The summed E-state index contributed by atoms with van der Waals surface area (Å²) in [7, 11) is 0. The van der Waals surface area contributed by atoms with E-state index in [0.717, 1.165) is 54.0 Å². The van der Waals surface area contributed by atoms with Crippen molar-refractivity contribution in [1.82, 2.24) is 9.55 Å². The van der Waals surface area contributed by atoms with Crippen LogP contribution < -0.4 is 5.32 Å². The molecule has 0 spiro atoms. The van der Waals surface area contributed by atoms with E-state index in [1.807, 2.05) is 12.1 Å². The van der Waals surface area contributed by atoms with E-state index in [4.69, 9.17) is 4.98 Å². The van der Waals surface area contributed by atoms with Crippen LogP contribution in [0.2, 0.25) is 0 Å². The molecule has 0 radical (unpaired) electrons. The summed E-state index contributed by atoms with van der Waals surface area (Å²) in [6, 6.07) is 18.8. The summed E-state index contributed by atoms with van der Waals surface area (Å²) < 4.78 is 2.30. The molecule has 33 heavy (non-hydrogen) atoms. The molecule has 0 atom stereocenters. The number of aryl methyl sites for hydroxylation is 3. The van der Waals surface area contributed by atoms with Gasteiger partial charge in [0, 0.05) is 51.9 Å². The minimum atomic E-state index is -0.0300. The van der Waals surface area contributed by atoms with Gasteiger partial charge in [0.25, 0.3) is 0 Å². The van der Waals surface area contributed by atoms with Gasteiger partial charge in [-0.25, -0.2) is 4.98 Å². The van der Waals surface area contributed by atoms with Crippen molar-refractivity contribution in [3.63, 3.8) is 0 Å². The summed E-state index contributed by atoms with van der Waals surface area (Å²) in [6.45, 7) is 3.04. The number of fused-ring (bicyclic) bond motifs is 4. The number of thioether (sulfide) groups is 1. The monoisotopic (exact) mass is 454 g/mol. The van der Waals surface area contributed by atoms with Crippen LogP contribution in [-0.2, 0) is 24.2 Å². The Bertz CT molecular complexity index is 1400. The zero-order chi connectivity index (χ0) is 22.8. The molecule has 0 saturated carbocycles. The van der Waals surface area contributed by atoms with Crippen molar-refractivity contribution in [3.8, 4) is 6.07 Å². The minimum absolute atomic E-state index is 0.0300. The Kier molecular flexibility index (Phi) is 6.06. The molecular formula is C27H26N4OS. The van der Waals surface area contributed by atoms with Crippen molar-refractivity contribution in [1.29, 1.82) is 5.26 Å². The van der Waals surface area contributed by atoms with Gasteiger partial charge in [0.1, 0.15) is 11.1 Å². The Morgan fingerprint density at radius 2 is 1.94 bits per heavy atom. The summed E-state index contributed by atoms with van der Waals surface area (Å²) in [5, 5.41) is 15.7. The molecule has 0 unspecified atom stereocenters. The number of hydrogen-bond acceptors (Lipinski definition) is 4. The number of hydrogen-bond donors (Lipinski definition) is 1. The maximum absolute atomic E-state index is 12.6. The molecule has 5 rings (SSSR count). The van der Waals surface area contributed by atoms with Gasteiger partial charge >= 0.3 is 0 Å². The highest BCUT2D eigenvalue weighted by molar-refractivity contribution is 7.99. The molecule has 1 aliphatic carbocycles. The largest absolute Gasteiger partial charge is 0.341 e. The number of pyridine rings is 1. The Morgan fingerprint density at radius 3 is 2.79 bits per heavy atom. The van der Waals surface area contributed by atoms with Gasteiger partial charge in [-0.15, -0.1) is 11.8 Å². The number of rotatable bonds is 6. The van der Waals surface area contributed by atoms with E-state index >= 15 is 0 Å². The predicted octanol–water partition coefficient (Wildman–Crippen LogP) is 6.08. The lowest BCUT2D eigenvalue weighted by molar-refractivity contribution is -0.115. The number of amides is 1.